The highest BCUT2D eigenvalue weighted by atomic mass is 32.2. The first-order valence-corrected chi connectivity index (χ1v) is 16.5. The van der Waals surface area contributed by atoms with E-state index < -0.39 is 36.2 Å². The van der Waals surface area contributed by atoms with Gasteiger partial charge in [-0.15, -0.1) is 11.8 Å². The van der Waals surface area contributed by atoms with Crippen LogP contribution < -0.4 is 5.32 Å². The maximum atomic E-state index is 13.3. The van der Waals surface area contributed by atoms with Gasteiger partial charge in [0.25, 0.3) is 0 Å². The summed E-state index contributed by atoms with van der Waals surface area (Å²) < 4.78 is 11.2. The number of phenolic OH excluding ortho intramolecular Hbond substituents is 1. The zero-order valence-corrected chi connectivity index (χ0v) is 25.9. The third kappa shape index (κ3) is 5.00. The van der Waals surface area contributed by atoms with E-state index in [2.05, 4.69) is 12.2 Å². The molecule has 4 N–H and O–H groups in total. The zero-order chi connectivity index (χ0) is 31.4. The molecular formula is C33H41NO9S. The second-order valence-electron chi connectivity index (χ2n) is 13.4. The van der Waals surface area contributed by atoms with Crippen molar-refractivity contribution in [3.8, 4) is 5.75 Å². The van der Waals surface area contributed by atoms with Crippen molar-refractivity contribution < 1.29 is 44.0 Å². The fourth-order valence-corrected chi connectivity index (χ4v) is 10.8. The van der Waals surface area contributed by atoms with E-state index in [1.807, 2.05) is 0 Å². The van der Waals surface area contributed by atoms with Crippen LogP contribution in [0.25, 0.3) is 0 Å². The first-order chi connectivity index (χ1) is 21.0. The lowest BCUT2D eigenvalue weighted by atomic mass is 9.46. The standard InChI is InChI=1S/C33H41NO9S/c1-32-12-11-24(37)29(44-16-27(39)34-23(30(40)42-2)13-17-3-5-18(36)6-4-17)22(32)8-7-19-20-9-10-21(25(38)15-35)33(20)14-26(28(19)32)43-31(33)41/h3-6,19-21,23,26,28,31,35-36,41H,7-16H2,1-2H3,(H,34,39)/t19?,20?,21-,23?,26?,28?,31+,32+,33-/m1/s1. The van der Waals surface area contributed by atoms with Gasteiger partial charge < -0.3 is 30.1 Å². The van der Waals surface area contributed by atoms with Gasteiger partial charge in [0.2, 0.25) is 5.91 Å². The van der Waals surface area contributed by atoms with Crippen molar-refractivity contribution in [1.29, 1.82) is 0 Å². The average molecular weight is 628 g/mol. The van der Waals surface area contributed by atoms with Gasteiger partial charge in [-0.1, -0.05) is 19.1 Å². The van der Waals surface area contributed by atoms with Crippen LogP contribution in [-0.4, -0.2) is 76.7 Å². The largest absolute Gasteiger partial charge is 0.508 e. The van der Waals surface area contributed by atoms with Crippen molar-refractivity contribution in [1.82, 2.24) is 5.32 Å². The molecule has 4 aliphatic carbocycles. The van der Waals surface area contributed by atoms with Gasteiger partial charge in [0, 0.05) is 24.2 Å². The molecule has 0 radical (unpaired) electrons. The van der Waals surface area contributed by atoms with Crippen molar-refractivity contribution in [2.75, 3.05) is 19.5 Å². The lowest BCUT2D eigenvalue weighted by Gasteiger charge is -2.57. The molecule has 5 unspecified atom stereocenters. The molecule has 1 aliphatic heterocycles. The Hall–Kier alpha value is -2.73. The monoisotopic (exact) mass is 627 g/mol. The first-order valence-electron chi connectivity index (χ1n) is 15.5. The molecule has 238 valence electrons. The Kier molecular flexibility index (Phi) is 8.45. The Bertz CT molecular complexity index is 1380. The fraction of sp³-hybridized carbons (Fsp3) is 0.636. The number of aliphatic hydroxyl groups excluding tert-OH is 2. The highest BCUT2D eigenvalue weighted by Gasteiger charge is 2.71. The van der Waals surface area contributed by atoms with E-state index in [0.717, 1.165) is 24.0 Å². The van der Waals surface area contributed by atoms with Gasteiger partial charge in [-0.3, -0.25) is 14.4 Å². The van der Waals surface area contributed by atoms with E-state index in [-0.39, 0.29) is 64.7 Å². The molecule has 1 spiro atoms. The van der Waals surface area contributed by atoms with E-state index in [1.165, 1.54) is 31.0 Å². The number of ketones is 2. The van der Waals surface area contributed by atoms with Gasteiger partial charge in [0.1, 0.15) is 18.4 Å². The summed E-state index contributed by atoms with van der Waals surface area (Å²) in [4.78, 5) is 52.2. The number of carbonyl (C=O) groups excluding carboxylic acids is 4. The minimum absolute atomic E-state index is 0.0225. The second kappa shape index (κ2) is 11.9. The van der Waals surface area contributed by atoms with Crippen molar-refractivity contribution in [3.63, 3.8) is 0 Å². The number of ether oxygens (including phenoxy) is 2. The number of amides is 1. The highest BCUT2D eigenvalue weighted by molar-refractivity contribution is 8.04. The summed E-state index contributed by atoms with van der Waals surface area (Å²) in [5.41, 5.74) is 0.805. The average Bonchev–Trinajstić information content (AvgIpc) is 3.54. The van der Waals surface area contributed by atoms with Crippen molar-refractivity contribution in [2.45, 2.75) is 76.7 Å². The number of allylic oxidation sites excluding steroid dienone is 1. The minimum atomic E-state index is -1.05. The Morgan fingerprint density at radius 2 is 1.91 bits per heavy atom. The van der Waals surface area contributed by atoms with Crippen LogP contribution >= 0.6 is 11.8 Å². The van der Waals surface area contributed by atoms with Gasteiger partial charge in [0.15, 0.2) is 17.9 Å². The molecule has 5 aliphatic rings. The summed E-state index contributed by atoms with van der Waals surface area (Å²) in [6, 6.07) is 5.46. The third-order valence-electron chi connectivity index (χ3n) is 11.4. The number of hydrogen-bond donors (Lipinski definition) is 4. The number of aliphatic hydroxyl groups is 2. The number of rotatable bonds is 9. The lowest BCUT2D eigenvalue weighted by molar-refractivity contribution is -0.160. The summed E-state index contributed by atoms with van der Waals surface area (Å²) in [6.07, 6.45) is 3.48. The molecule has 44 heavy (non-hydrogen) atoms. The van der Waals surface area contributed by atoms with Crippen LogP contribution in [0.2, 0.25) is 0 Å². The molecular weight excluding hydrogens is 586 g/mol. The van der Waals surface area contributed by atoms with Crippen molar-refractivity contribution in [2.24, 2.45) is 34.5 Å². The summed E-state index contributed by atoms with van der Waals surface area (Å²) in [7, 11) is 1.26. The first kappa shape index (κ1) is 31.3. The topological polar surface area (TPSA) is 159 Å². The molecule has 1 aromatic rings. The number of carbonyl (C=O) groups is 4. The van der Waals surface area contributed by atoms with E-state index in [4.69, 9.17) is 9.47 Å². The molecule has 11 heteroatoms. The van der Waals surface area contributed by atoms with E-state index in [9.17, 15) is 34.5 Å². The van der Waals surface area contributed by atoms with Crippen LogP contribution in [0.3, 0.4) is 0 Å². The number of phenols is 1. The molecule has 2 bridgehead atoms. The van der Waals surface area contributed by atoms with Gasteiger partial charge in [-0.25, -0.2) is 4.79 Å². The molecule has 1 heterocycles. The number of benzene rings is 1. The molecule has 4 fully saturated rings. The predicted molar refractivity (Wildman–Crippen MR) is 160 cm³/mol. The molecule has 9 atom stereocenters. The number of methoxy groups -OCH3 is 1. The zero-order valence-electron chi connectivity index (χ0n) is 25.1. The quantitative estimate of drug-likeness (QED) is 0.300. The molecule has 1 aromatic carbocycles. The van der Waals surface area contributed by atoms with E-state index in [1.54, 1.807) is 12.1 Å². The Balaban J connectivity index is 1.20. The van der Waals surface area contributed by atoms with Gasteiger partial charge >= 0.3 is 5.97 Å². The van der Waals surface area contributed by atoms with Crippen molar-refractivity contribution in [3.05, 3.63) is 40.3 Å². The smallest absolute Gasteiger partial charge is 0.328 e. The van der Waals surface area contributed by atoms with Crippen molar-refractivity contribution >= 4 is 35.2 Å². The van der Waals surface area contributed by atoms with Crippen LogP contribution in [0.4, 0.5) is 0 Å². The predicted octanol–water partition coefficient (Wildman–Crippen LogP) is 2.67. The highest BCUT2D eigenvalue weighted by Crippen LogP contribution is 2.71. The molecule has 0 aromatic heterocycles. The summed E-state index contributed by atoms with van der Waals surface area (Å²) in [5, 5.41) is 33.2. The molecule has 10 nitrogen and oxygen atoms in total. The maximum absolute atomic E-state index is 13.3. The van der Waals surface area contributed by atoms with Crippen LogP contribution in [0.1, 0.15) is 57.4 Å². The Labute approximate surface area is 260 Å². The number of thioether (sulfide) groups is 1. The fourth-order valence-electron chi connectivity index (χ4n) is 9.65. The number of nitrogens with one attached hydrogen (secondary N) is 1. The van der Waals surface area contributed by atoms with Crippen LogP contribution in [0.15, 0.2) is 34.7 Å². The third-order valence-corrected chi connectivity index (χ3v) is 12.6. The number of Topliss-reactive ketones (excluding diaryl/α,β-unsaturated/α-hetero) is 2. The second-order valence-corrected chi connectivity index (χ2v) is 14.4. The molecule has 1 saturated heterocycles. The minimum Gasteiger partial charge on any atom is -0.508 e. The lowest BCUT2D eigenvalue weighted by Crippen LogP contribution is -2.56. The van der Waals surface area contributed by atoms with Crippen LogP contribution in [-0.2, 0) is 35.1 Å². The van der Waals surface area contributed by atoms with Gasteiger partial charge in [0.05, 0.1) is 23.9 Å². The Morgan fingerprint density at radius 3 is 2.61 bits per heavy atom. The van der Waals surface area contributed by atoms with E-state index in [0.29, 0.717) is 37.0 Å². The SMILES string of the molecule is COC(=O)C(Cc1ccc(O)cc1)NC(=O)CSC1=C2CCC3C4CC[C@H](C(=O)CO)[C@@]45CC(O[C@@H]5O)C3[C@@]2(C)CCC1=O. The number of esters is 1. The summed E-state index contributed by atoms with van der Waals surface area (Å²) in [6.45, 7) is 1.67. The number of hydrogen-bond acceptors (Lipinski definition) is 10. The van der Waals surface area contributed by atoms with Crippen LogP contribution in [0.5, 0.6) is 5.75 Å². The summed E-state index contributed by atoms with van der Waals surface area (Å²) in [5.74, 6) is -1.07. The maximum Gasteiger partial charge on any atom is 0.328 e. The van der Waals surface area contributed by atoms with Crippen LogP contribution in [0, 0.1) is 34.5 Å². The van der Waals surface area contributed by atoms with E-state index >= 15 is 0 Å². The summed E-state index contributed by atoms with van der Waals surface area (Å²) >= 11 is 1.22. The van der Waals surface area contributed by atoms with Gasteiger partial charge in [-0.2, -0.15) is 0 Å². The number of aromatic hydroxyl groups is 1. The number of fused-ring (bicyclic) bond motifs is 6. The molecule has 3 saturated carbocycles. The Morgan fingerprint density at radius 1 is 1.16 bits per heavy atom. The van der Waals surface area contributed by atoms with Gasteiger partial charge in [-0.05, 0) is 85.0 Å². The molecule has 6 rings (SSSR count). The normalized spacial score (nSPS) is 36.2. The molecule has 1 amide bonds.